The first-order valence-electron chi connectivity index (χ1n) is 8.69. The Morgan fingerprint density at radius 1 is 1.00 bits per heavy atom. The molecule has 0 unspecified atom stereocenters. The molecule has 0 saturated carbocycles. The maximum absolute atomic E-state index is 13.5. The van der Waals surface area contributed by atoms with E-state index in [-0.39, 0.29) is 5.91 Å². The molecule has 2 heterocycles. The lowest BCUT2D eigenvalue weighted by molar-refractivity contribution is 0.0982. The van der Waals surface area contributed by atoms with Crippen molar-refractivity contribution in [3.05, 3.63) is 96.4 Å². The second-order valence-corrected chi connectivity index (χ2v) is 6.95. The molecule has 134 valence electrons. The number of aromatic nitrogens is 2. The fraction of sp³-hybridized carbons (Fsp3) is 0.0909. The minimum absolute atomic E-state index is 0.0166. The Morgan fingerprint density at radius 3 is 2.56 bits per heavy atom. The summed E-state index contributed by atoms with van der Waals surface area (Å²) in [7, 11) is 0. The van der Waals surface area contributed by atoms with Crippen molar-refractivity contribution in [3.8, 4) is 0 Å². The highest BCUT2D eigenvalue weighted by molar-refractivity contribution is 7.98. The van der Waals surface area contributed by atoms with Crippen molar-refractivity contribution in [1.29, 1.82) is 0 Å². The molecule has 0 aliphatic carbocycles. The number of carbonyl (C=O) groups is 1. The molecule has 0 bridgehead atoms. The molecular formula is C22H19N3OS. The molecule has 0 saturated heterocycles. The summed E-state index contributed by atoms with van der Waals surface area (Å²) in [6.45, 7) is 0.441. The Labute approximate surface area is 162 Å². The van der Waals surface area contributed by atoms with Gasteiger partial charge in [0.25, 0.3) is 5.91 Å². The summed E-state index contributed by atoms with van der Waals surface area (Å²) in [6, 6.07) is 23.4. The smallest absolute Gasteiger partial charge is 0.259 e. The number of rotatable bonds is 5. The quantitative estimate of drug-likeness (QED) is 0.467. The molecule has 0 atom stereocenters. The standard InChI is InChI=1S/C22H19N3OS/c1-27-20-12-6-5-11-19(20)22(26)25(17-9-3-2-4-10-17)16-18-15-23-21-13-7-8-14-24(18)21/h2-15H,16H2,1H3. The number of hydrogen-bond donors (Lipinski definition) is 0. The number of pyridine rings is 1. The van der Waals surface area contributed by atoms with E-state index in [1.165, 1.54) is 0 Å². The molecule has 4 nitrogen and oxygen atoms in total. The molecule has 0 aliphatic rings. The number of hydrogen-bond acceptors (Lipinski definition) is 3. The Balaban J connectivity index is 1.77. The van der Waals surface area contributed by atoms with Gasteiger partial charge in [0.15, 0.2) is 0 Å². The van der Waals surface area contributed by atoms with Crippen LogP contribution in [0.1, 0.15) is 16.1 Å². The molecule has 0 N–H and O–H groups in total. The average molecular weight is 373 g/mol. The summed E-state index contributed by atoms with van der Waals surface area (Å²) < 4.78 is 2.02. The molecule has 0 spiro atoms. The van der Waals surface area contributed by atoms with Crippen LogP contribution in [0.15, 0.2) is 90.1 Å². The highest BCUT2D eigenvalue weighted by atomic mass is 32.2. The van der Waals surface area contributed by atoms with Crippen molar-refractivity contribution < 1.29 is 4.79 Å². The van der Waals surface area contributed by atoms with E-state index in [0.29, 0.717) is 12.1 Å². The molecule has 2 aromatic carbocycles. The number of fused-ring (bicyclic) bond motifs is 1. The van der Waals surface area contributed by atoms with Crippen LogP contribution >= 0.6 is 11.8 Å². The Kier molecular flexibility index (Phi) is 4.94. The molecule has 5 heteroatoms. The van der Waals surface area contributed by atoms with Gasteiger partial charge >= 0.3 is 0 Å². The van der Waals surface area contributed by atoms with Gasteiger partial charge in [0.05, 0.1) is 24.0 Å². The Morgan fingerprint density at radius 2 is 1.74 bits per heavy atom. The zero-order valence-corrected chi connectivity index (χ0v) is 15.8. The molecule has 1 amide bonds. The number of nitrogens with zero attached hydrogens (tertiary/aromatic N) is 3. The van der Waals surface area contributed by atoms with Gasteiger partial charge in [0.2, 0.25) is 0 Å². The van der Waals surface area contributed by atoms with E-state index in [1.807, 2.05) is 101 Å². The van der Waals surface area contributed by atoms with Gasteiger partial charge in [-0.25, -0.2) is 4.98 Å². The minimum atomic E-state index is -0.0166. The van der Waals surface area contributed by atoms with Gasteiger partial charge in [-0.1, -0.05) is 36.4 Å². The maximum atomic E-state index is 13.5. The zero-order valence-electron chi connectivity index (χ0n) is 14.9. The van der Waals surface area contributed by atoms with Crippen LogP contribution in [0, 0.1) is 0 Å². The van der Waals surface area contributed by atoms with Gasteiger partial charge in [0, 0.05) is 16.8 Å². The monoisotopic (exact) mass is 373 g/mol. The summed E-state index contributed by atoms with van der Waals surface area (Å²) in [5, 5.41) is 0. The third-order valence-corrected chi connectivity index (χ3v) is 5.26. The van der Waals surface area contributed by atoms with Crippen LogP contribution < -0.4 is 4.90 Å². The minimum Gasteiger partial charge on any atom is -0.302 e. The summed E-state index contributed by atoms with van der Waals surface area (Å²) in [6.07, 6.45) is 5.80. The molecule has 0 radical (unpaired) electrons. The Bertz CT molecular complexity index is 1080. The number of para-hydroxylation sites is 1. The Hall–Kier alpha value is -3.05. The van der Waals surface area contributed by atoms with Crippen LogP contribution in [-0.4, -0.2) is 21.5 Å². The van der Waals surface area contributed by atoms with Crippen LogP contribution in [0.3, 0.4) is 0 Å². The predicted molar refractivity (Wildman–Crippen MR) is 110 cm³/mol. The number of carbonyl (C=O) groups excluding carboxylic acids is 1. The zero-order chi connectivity index (χ0) is 18.6. The first-order valence-corrected chi connectivity index (χ1v) is 9.91. The molecule has 4 rings (SSSR count). The van der Waals surface area contributed by atoms with Crippen molar-refractivity contribution in [2.45, 2.75) is 11.4 Å². The number of amides is 1. The van der Waals surface area contributed by atoms with Gasteiger partial charge in [-0.15, -0.1) is 11.8 Å². The average Bonchev–Trinajstić information content (AvgIpc) is 3.15. The molecule has 27 heavy (non-hydrogen) atoms. The lowest BCUT2D eigenvalue weighted by Gasteiger charge is -2.23. The number of imidazole rings is 1. The van der Waals surface area contributed by atoms with Crippen LogP contribution in [0.4, 0.5) is 5.69 Å². The van der Waals surface area contributed by atoms with Gasteiger partial charge in [-0.05, 0) is 42.7 Å². The van der Waals surface area contributed by atoms with Crippen molar-refractivity contribution in [2.24, 2.45) is 0 Å². The normalized spacial score (nSPS) is 10.9. The second-order valence-electron chi connectivity index (χ2n) is 6.11. The molecule has 0 fully saturated rings. The van der Waals surface area contributed by atoms with E-state index >= 15 is 0 Å². The van der Waals surface area contributed by atoms with Crippen LogP contribution in [0.25, 0.3) is 5.65 Å². The van der Waals surface area contributed by atoms with Crippen molar-refractivity contribution in [3.63, 3.8) is 0 Å². The summed E-state index contributed by atoms with van der Waals surface area (Å²) in [5.41, 5.74) is 3.41. The number of thioether (sulfide) groups is 1. The van der Waals surface area contributed by atoms with Gasteiger partial charge < -0.3 is 9.30 Å². The third-order valence-electron chi connectivity index (χ3n) is 4.46. The predicted octanol–water partition coefficient (Wildman–Crippen LogP) is 4.90. The third kappa shape index (κ3) is 3.46. The van der Waals surface area contributed by atoms with E-state index in [4.69, 9.17) is 0 Å². The molecule has 4 aromatic rings. The molecular weight excluding hydrogens is 354 g/mol. The van der Waals surface area contributed by atoms with Gasteiger partial charge in [-0.2, -0.15) is 0 Å². The molecule has 0 aliphatic heterocycles. The summed E-state index contributed by atoms with van der Waals surface area (Å²) in [4.78, 5) is 20.7. The largest absolute Gasteiger partial charge is 0.302 e. The lowest BCUT2D eigenvalue weighted by Crippen LogP contribution is -2.31. The summed E-state index contributed by atoms with van der Waals surface area (Å²) >= 11 is 1.58. The number of anilines is 1. The van der Waals surface area contributed by atoms with Crippen molar-refractivity contribution >= 4 is 29.0 Å². The SMILES string of the molecule is CSc1ccccc1C(=O)N(Cc1cnc2ccccn12)c1ccccc1. The van der Waals surface area contributed by atoms with E-state index < -0.39 is 0 Å². The fourth-order valence-corrected chi connectivity index (χ4v) is 3.71. The first kappa shape index (κ1) is 17.4. The highest BCUT2D eigenvalue weighted by Gasteiger charge is 2.21. The maximum Gasteiger partial charge on any atom is 0.259 e. The second kappa shape index (κ2) is 7.68. The van der Waals surface area contributed by atoms with Gasteiger partial charge in [0.1, 0.15) is 5.65 Å². The van der Waals surface area contributed by atoms with E-state index in [0.717, 1.165) is 21.9 Å². The lowest BCUT2D eigenvalue weighted by atomic mass is 10.1. The van der Waals surface area contributed by atoms with Crippen LogP contribution in [0.5, 0.6) is 0 Å². The van der Waals surface area contributed by atoms with E-state index in [1.54, 1.807) is 11.8 Å². The van der Waals surface area contributed by atoms with Gasteiger partial charge in [-0.3, -0.25) is 4.79 Å². The topological polar surface area (TPSA) is 37.6 Å². The van der Waals surface area contributed by atoms with E-state index in [2.05, 4.69) is 4.98 Å². The van der Waals surface area contributed by atoms with Crippen LogP contribution in [0.2, 0.25) is 0 Å². The van der Waals surface area contributed by atoms with Crippen LogP contribution in [-0.2, 0) is 6.54 Å². The van der Waals surface area contributed by atoms with E-state index in [9.17, 15) is 4.79 Å². The highest BCUT2D eigenvalue weighted by Crippen LogP contribution is 2.25. The summed E-state index contributed by atoms with van der Waals surface area (Å²) in [5.74, 6) is -0.0166. The molecule has 2 aromatic heterocycles. The first-order chi connectivity index (χ1) is 13.3. The van der Waals surface area contributed by atoms with Crippen molar-refractivity contribution in [1.82, 2.24) is 9.38 Å². The van der Waals surface area contributed by atoms with Crippen molar-refractivity contribution in [2.75, 3.05) is 11.2 Å². The number of benzene rings is 2. The fourth-order valence-electron chi connectivity index (χ4n) is 3.12.